The highest BCUT2D eigenvalue weighted by molar-refractivity contribution is 6.00. The van der Waals surface area contributed by atoms with E-state index in [-0.39, 0.29) is 17.2 Å². The van der Waals surface area contributed by atoms with Crippen molar-refractivity contribution in [3.63, 3.8) is 0 Å². The van der Waals surface area contributed by atoms with Crippen LogP contribution in [0.5, 0.6) is 5.75 Å². The van der Waals surface area contributed by atoms with Gasteiger partial charge in [0.25, 0.3) is 5.91 Å². The van der Waals surface area contributed by atoms with E-state index in [9.17, 15) is 29.4 Å². The molecule has 0 spiro atoms. The van der Waals surface area contributed by atoms with Crippen molar-refractivity contribution in [2.24, 2.45) is 11.8 Å². The van der Waals surface area contributed by atoms with Gasteiger partial charge in [-0.25, -0.2) is 0 Å². The lowest BCUT2D eigenvalue weighted by Gasteiger charge is -2.33. The summed E-state index contributed by atoms with van der Waals surface area (Å²) >= 11 is 0. The van der Waals surface area contributed by atoms with Crippen LogP contribution in [0.4, 0.5) is 0 Å². The van der Waals surface area contributed by atoms with Crippen molar-refractivity contribution in [2.45, 2.75) is 71.3 Å². The normalized spacial score (nSPS) is 29.2. The van der Waals surface area contributed by atoms with Gasteiger partial charge in [-0.2, -0.15) is 0 Å². The van der Waals surface area contributed by atoms with Crippen LogP contribution in [-0.4, -0.2) is 64.1 Å². The number of para-hydroxylation sites is 1. The number of hydrogen-bond donors (Lipinski definition) is 6. The minimum absolute atomic E-state index is 0.0263. The first-order valence-corrected chi connectivity index (χ1v) is 11.1. The summed E-state index contributed by atoms with van der Waals surface area (Å²) in [7, 11) is 0. The van der Waals surface area contributed by atoms with Crippen LogP contribution in [0.2, 0.25) is 0 Å². The van der Waals surface area contributed by atoms with Crippen LogP contribution in [0.1, 0.15) is 51.4 Å². The summed E-state index contributed by atoms with van der Waals surface area (Å²) in [6, 6.07) is 2.13. The Morgan fingerprint density at radius 3 is 2.18 bits per heavy atom. The molecule has 1 aliphatic heterocycles. The number of carbonyl (C=O) groups is 4. The first-order valence-electron chi connectivity index (χ1n) is 11.1. The lowest BCUT2D eigenvalue weighted by molar-refractivity contribution is -0.136. The summed E-state index contributed by atoms with van der Waals surface area (Å²) < 4.78 is 0. The van der Waals surface area contributed by atoms with Gasteiger partial charge in [0.05, 0.1) is 29.7 Å². The molecule has 33 heavy (non-hydrogen) atoms. The lowest BCUT2D eigenvalue weighted by Crippen LogP contribution is -2.63. The second-order valence-electron chi connectivity index (χ2n) is 9.03. The maximum atomic E-state index is 13.1. The molecule has 2 rings (SSSR count). The predicted molar refractivity (Wildman–Crippen MR) is 121 cm³/mol. The van der Waals surface area contributed by atoms with Crippen molar-refractivity contribution >= 4 is 23.6 Å². The zero-order valence-electron chi connectivity index (χ0n) is 19.6. The summed E-state index contributed by atoms with van der Waals surface area (Å²) in [6.07, 6.45) is -0.870. The zero-order chi connectivity index (χ0) is 24.9. The van der Waals surface area contributed by atoms with Crippen LogP contribution >= 0.6 is 0 Å². The van der Waals surface area contributed by atoms with Crippen LogP contribution in [0.15, 0.2) is 24.3 Å². The molecule has 6 atom stereocenters. The van der Waals surface area contributed by atoms with Crippen LogP contribution in [0, 0.1) is 11.8 Å². The fourth-order valence-corrected chi connectivity index (χ4v) is 3.70. The summed E-state index contributed by atoms with van der Waals surface area (Å²) in [5.41, 5.74) is -0.0263. The van der Waals surface area contributed by atoms with Gasteiger partial charge >= 0.3 is 0 Å². The molecule has 1 aromatic rings. The molecule has 1 saturated heterocycles. The summed E-state index contributed by atoms with van der Waals surface area (Å²) in [5.74, 6) is -3.41. The third-order valence-corrected chi connectivity index (χ3v) is 5.74. The number of aliphatic hydroxyl groups excluding tert-OH is 1. The average molecular weight is 463 g/mol. The van der Waals surface area contributed by atoms with Gasteiger partial charge in [0.2, 0.25) is 17.7 Å². The molecule has 4 amide bonds. The highest BCUT2D eigenvalue weighted by atomic mass is 16.3. The van der Waals surface area contributed by atoms with Crippen molar-refractivity contribution in [2.75, 3.05) is 0 Å². The van der Waals surface area contributed by atoms with Crippen molar-refractivity contribution in [1.29, 1.82) is 0 Å². The van der Waals surface area contributed by atoms with E-state index in [4.69, 9.17) is 0 Å². The first kappa shape index (κ1) is 26.1. The molecular formula is C23H34N4O6. The van der Waals surface area contributed by atoms with E-state index in [0.29, 0.717) is 6.42 Å². The molecule has 0 saturated carbocycles. The smallest absolute Gasteiger partial charge is 0.255 e. The van der Waals surface area contributed by atoms with Gasteiger partial charge < -0.3 is 31.5 Å². The molecular weight excluding hydrogens is 428 g/mol. The minimum atomic E-state index is -1.22. The molecule has 6 unspecified atom stereocenters. The highest BCUT2D eigenvalue weighted by Crippen LogP contribution is 2.16. The number of amides is 4. The number of rotatable bonds is 4. The predicted octanol–water partition coefficient (Wildman–Crippen LogP) is 0.0415. The van der Waals surface area contributed by atoms with Crippen molar-refractivity contribution in [1.82, 2.24) is 21.3 Å². The van der Waals surface area contributed by atoms with Gasteiger partial charge in [-0.05, 0) is 38.3 Å². The molecule has 1 aliphatic rings. The largest absolute Gasteiger partial charge is 0.507 e. The Kier molecular flexibility index (Phi) is 8.81. The van der Waals surface area contributed by atoms with Crippen molar-refractivity contribution in [3.05, 3.63) is 29.8 Å². The number of phenols is 1. The Balaban J connectivity index is 2.37. The average Bonchev–Trinajstić information content (AvgIpc) is 2.74. The van der Waals surface area contributed by atoms with E-state index >= 15 is 0 Å². The minimum Gasteiger partial charge on any atom is -0.507 e. The summed E-state index contributed by atoms with van der Waals surface area (Å²) in [6.45, 7) is 8.43. The number of nitrogens with one attached hydrogen (secondary N) is 4. The third kappa shape index (κ3) is 6.67. The molecule has 1 fully saturated rings. The SMILES string of the molecule is CC(C)CC1NC(=O)C(C)C(O)C(C)NC(=O)C(NC(=O)c2ccccc2O)C(C)NC1=O. The second-order valence-corrected chi connectivity index (χ2v) is 9.03. The maximum Gasteiger partial charge on any atom is 0.255 e. The topological polar surface area (TPSA) is 157 Å². The van der Waals surface area contributed by atoms with Gasteiger partial charge in [-0.1, -0.05) is 32.9 Å². The van der Waals surface area contributed by atoms with Gasteiger partial charge in [0.1, 0.15) is 17.8 Å². The molecule has 1 heterocycles. The highest BCUT2D eigenvalue weighted by Gasteiger charge is 2.36. The van der Waals surface area contributed by atoms with Crippen LogP contribution in [0.3, 0.4) is 0 Å². The Hall–Kier alpha value is -3.14. The summed E-state index contributed by atoms with van der Waals surface area (Å²) in [4.78, 5) is 51.4. The van der Waals surface area contributed by atoms with Crippen LogP contribution < -0.4 is 21.3 Å². The number of carbonyl (C=O) groups excluding carboxylic acids is 4. The number of aliphatic hydroxyl groups is 1. The standard InChI is InChI=1S/C23H34N4O6/c1-11(2)10-16-22(32)24-13(4)18(27-21(31)15-8-6-7-9-17(15)28)23(33)25-14(5)19(29)12(3)20(30)26-16/h6-9,11-14,16,18-19,28-29H,10H2,1-5H3,(H,24,32)(H,25,33)(H,26,30)(H,27,31). The monoisotopic (exact) mass is 462 g/mol. The number of hydrogen-bond acceptors (Lipinski definition) is 6. The quantitative estimate of drug-likeness (QED) is 0.371. The van der Waals surface area contributed by atoms with Crippen molar-refractivity contribution < 1.29 is 29.4 Å². The summed E-state index contributed by atoms with van der Waals surface area (Å²) in [5, 5.41) is 31.2. The lowest BCUT2D eigenvalue weighted by atomic mass is 9.95. The fourth-order valence-electron chi connectivity index (χ4n) is 3.70. The first-order chi connectivity index (χ1) is 15.4. The van der Waals surface area contributed by atoms with E-state index < -0.39 is 59.8 Å². The van der Waals surface area contributed by atoms with E-state index in [1.165, 1.54) is 19.1 Å². The second kappa shape index (κ2) is 11.1. The molecule has 0 bridgehead atoms. The molecule has 0 aliphatic carbocycles. The van der Waals surface area contributed by atoms with E-state index in [1.807, 2.05) is 13.8 Å². The van der Waals surface area contributed by atoms with Crippen LogP contribution in [0.25, 0.3) is 0 Å². The molecule has 0 aromatic heterocycles. The van der Waals surface area contributed by atoms with E-state index in [2.05, 4.69) is 21.3 Å². The van der Waals surface area contributed by atoms with E-state index in [0.717, 1.165) is 0 Å². The molecule has 10 heteroatoms. The van der Waals surface area contributed by atoms with Gasteiger partial charge in [0, 0.05) is 0 Å². The molecule has 10 nitrogen and oxygen atoms in total. The third-order valence-electron chi connectivity index (χ3n) is 5.74. The Labute approximate surface area is 193 Å². The number of phenolic OH excluding ortho intramolecular Hbond substituents is 1. The van der Waals surface area contributed by atoms with Gasteiger partial charge in [-0.15, -0.1) is 0 Å². The molecule has 0 radical (unpaired) electrons. The Morgan fingerprint density at radius 2 is 1.58 bits per heavy atom. The molecule has 1 aromatic carbocycles. The molecule has 6 N–H and O–H groups in total. The van der Waals surface area contributed by atoms with Crippen LogP contribution in [-0.2, 0) is 14.4 Å². The maximum absolute atomic E-state index is 13.1. The number of aromatic hydroxyl groups is 1. The molecule has 182 valence electrons. The zero-order valence-corrected chi connectivity index (χ0v) is 19.6. The fraction of sp³-hybridized carbons (Fsp3) is 0.565. The van der Waals surface area contributed by atoms with Crippen molar-refractivity contribution in [3.8, 4) is 5.75 Å². The Morgan fingerprint density at radius 1 is 0.970 bits per heavy atom. The van der Waals surface area contributed by atoms with Gasteiger partial charge in [0.15, 0.2) is 0 Å². The number of benzene rings is 1. The van der Waals surface area contributed by atoms with E-state index in [1.54, 1.807) is 26.0 Å². The van der Waals surface area contributed by atoms with Gasteiger partial charge in [-0.3, -0.25) is 19.2 Å². The Bertz CT molecular complexity index is 889.